The zero-order valence-corrected chi connectivity index (χ0v) is 28.7. The minimum Gasteiger partial charge on any atom is -0.397 e. The largest absolute Gasteiger partial charge is 0.397 e. The maximum atomic E-state index is 12.5. The number of carbonyl (C=O) groups excluding carboxylic acids is 2. The van der Waals surface area contributed by atoms with Gasteiger partial charge in [-0.1, -0.05) is 84.9 Å². The van der Waals surface area contributed by atoms with Crippen LogP contribution in [0.5, 0.6) is 0 Å². The lowest BCUT2D eigenvalue weighted by Gasteiger charge is -2.37. The summed E-state index contributed by atoms with van der Waals surface area (Å²) in [5, 5.41) is 15.3. The van der Waals surface area contributed by atoms with E-state index >= 15 is 0 Å². The lowest BCUT2D eigenvalue weighted by atomic mass is 9.99. The van der Waals surface area contributed by atoms with Crippen LogP contribution in [-0.2, 0) is 32.2 Å². The van der Waals surface area contributed by atoms with E-state index in [1.54, 1.807) is 12.1 Å². The summed E-state index contributed by atoms with van der Waals surface area (Å²) in [5.74, 6) is -0.158. The van der Waals surface area contributed by atoms with Gasteiger partial charge >= 0.3 is 0 Å². The van der Waals surface area contributed by atoms with E-state index in [-0.39, 0.29) is 30.6 Å². The van der Waals surface area contributed by atoms with E-state index in [0.29, 0.717) is 43.6 Å². The second-order valence-corrected chi connectivity index (χ2v) is 12.8. The summed E-state index contributed by atoms with van der Waals surface area (Å²) in [6, 6.07) is 31.4. The standard InChI is InChI=1S/C41H48N4O5/c1-3-23-45(2)27-35-25-38(32-17-15-29(28-46)16-18-32)50-41(49-35)33-21-19-31(20-22-33)34-10-8-9-30(24-34)26-43-39(47)13-6-7-14-40(48)44-37-12-5-4-11-36(37)42/h3-5,8-12,15-22,24,35,38,41,46H,1,6-7,13-14,23,25-28,42H2,2H3,(H,43,47)(H,44,48)/t35-,38+,41+/m1/s1. The van der Waals surface area contributed by atoms with Gasteiger partial charge in [-0.05, 0) is 65.9 Å². The topological polar surface area (TPSA) is 126 Å². The number of hydrogen-bond acceptors (Lipinski definition) is 7. The van der Waals surface area contributed by atoms with Gasteiger partial charge in [0.1, 0.15) is 0 Å². The summed E-state index contributed by atoms with van der Waals surface area (Å²) in [7, 11) is 2.06. The molecule has 5 N–H and O–H groups in total. The second-order valence-electron chi connectivity index (χ2n) is 12.8. The molecule has 262 valence electrons. The van der Waals surface area contributed by atoms with Gasteiger partial charge in [0.15, 0.2) is 6.29 Å². The summed E-state index contributed by atoms with van der Waals surface area (Å²) in [5.41, 5.74) is 13.0. The molecule has 0 aliphatic carbocycles. The number of nitrogens with one attached hydrogen (secondary N) is 2. The summed E-state index contributed by atoms with van der Waals surface area (Å²) in [6.45, 7) is 5.81. The number of benzene rings is 4. The Balaban J connectivity index is 1.13. The van der Waals surface area contributed by atoms with Gasteiger partial charge < -0.3 is 35.8 Å². The predicted octanol–water partition coefficient (Wildman–Crippen LogP) is 6.91. The van der Waals surface area contributed by atoms with E-state index in [9.17, 15) is 14.7 Å². The fourth-order valence-electron chi connectivity index (χ4n) is 6.05. The van der Waals surface area contributed by atoms with Crippen molar-refractivity contribution in [1.29, 1.82) is 0 Å². The molecule has 9 nitrogen and oxygen atoms in total. The maximum Gasteiger partial charge on any atom is 0.224 e. The van der Waals surface area contributed by atoms with E-state index in [1.165, 1.54) is 0 Å². The third-order valence-corrected chi connectivity index (χ3v) is 8.80. The number of likely N-dealkylation sites (N-methyl/N-ethyl adjacent to an activating group) is 1. The van der Waals surface area contributed by atoms with Gasteiger partial charge in [0.25, 0.3) is 0 Å². The Hall–Kier alpha value is -4.80. The van der Waals surface area contributed by atoms with Crippen LogP contribution in [0.4, 0.5) is 11.4 Å². The fraction of sp³-hybridized carbons (Fsp3) is 0.317. The summed E-state index contributed by atoms with van der Waals surface area (Å²) < 4.78 is 13.0. The first-order valence-electron chi connectivity index (χ1n) is 17.2. The highest BCUT2D eigenvalue weighted by Crippen LogP contribution is 2.38. The number of nitrogen functional groups attached to an aromatic ring is 1. The molecular formula is C41H48N4O5. The van der Waals surface area contributed by atoms with Crippen LogP contribution in [0.2, 0.25) is 0 Å². The van der Waals surface area contributed by atoms with Crippen molar-refractivity contribution in [2.75, 3.05) is 31.2 Å². The number of nitrogens with two attached hydrogens (primary N) is 1. The van der Waals surface area contributed by atoms with Gasteiger partial charge in [0, 0.05) is 44.5 Å². The smallest absolute Gasteiger partial charge is 0.224 e. The number of unbranched alkanes of at least 4 members (excludes halogenated alkanes) is 1. The molecule has 5 rings (SSSR count). The van der Waals surface area contributed by atoms with Crippen molar-refractivity contribution in [3.63, 3.8) is 0 Å². The molecule has 1 saturated heterocycles. The SMILES string of the molecule is C=CCN(C)C[C@H]1C[C@@H](c2ccc(CO)cc2)O[C@@H](c2ccc(-c3cccc(CNC(=O)CCCCC(=O)Nc4ccccc4N)c3)cc2)O1. The number of nitrogens with zero attached hydrogens (tertiary/aromatic N) is 1. The summed E-state index contributed by atoms with van der Waals surface area (Å²) >= 11 is 0. The fourth-order valence-corrected chi connectivity index (χ4v) is 6.05. The molecule has 1 aliphatic heterocycles. The summed E-state index contributed by atoms with van der Waals surface area (Å²) in [4.78, 5) is 26.9. The zero-order chi connectivity index (χ0) is 35.3. The molecule has 50 heavy (non-hydrogen) atoms. The second kappa shape index (κ2) is 18.3. The zero-order valence-electron chi connectivity index (χ0n) is 28.7. The molecule has 0 saturated carbocycles. The van der Waals surface area contributed by atoms with Crippen molar-refractivity contribution in [2.24, 2.45) is 0 Å². The number of anilines is 2. The number of amides is 2. The Bertz CT molecular complexity index is 1710. The molecular weight excluding hydrogens is 628 g/mol. The monoisotopic (exact) mass is 676 g/mol. The molecule has 9 heteroatoms. The molecule has 0 unspecified atom stereocenters. The van der Waals surface area contributed by atoms with Crippen LogP contribution in [-0.4, -0.2) is 48.1 Å². The first-order valence-corrected chi connectivity index (χ1v) is 17.2. The summed E-state index contributed by atoms with van der Waals surface area (Å²) in [6.07, 6.45) is 3.82. The molecule has 0 spiro atoms. The van der Waals surface area contributed by atoms with Gasteiger partial charge in [-0.3, -0.25) is 9.59 Å². The Morgan fingerprint density at radius 2 is 1.60 bits per heavy atom. The van der Waals surface area contributed by atoms with Crippen LogP contribution in [0.25, 0.3) is 11.1 Å². The van der Waals surface area contributed by atoms with Crippen molar-refractivity contribution in [3.05, 3.63) is 132 Å². The third-order valence-electron chi connectivity index (χ3n) is 8.80. The van der Waals surface area contributed by atoms with Crippen LogP contribution in [0.15, 0.2) is 110 Å². The number of rotatable bonds is 16. The molecule has 4 aromatic carbocycles. The number of aliphatic hydroxyl groups is 1. The van der Waals surface area contributed by atoms with Crippen molar-refractivity contribution in [2.45, 2.75) is 63.8 Å². The van der Waals surface area contributed by atoms with Gasteiger partial charge in [-0.2, -0.15) is 0 Å². The minimum absolute atomic E-state index is 0.00592. The highest BCUT2D eigenvalue weighted by atomic mass is 16.7. The van der Waals surface area contributed by atoms with Gasteiger partial charge in [0.2, 0.25) is 11.8 Å². The average Bonchev–Trinajstić information content (AvgIpc) is 3.13. The molecule has 1 heterocycles. The number of aliphatic hydroxyl groups excluding tert-OH is 1. The Labute approximate surface area is 295 Å². The minimum atomic E-state index is -0.527. The molecule has 0 bridgehead atoms. The number of para-hydroxylation sites is 2. The molecule has 0 aromatic heterocycles. The molecule has 2 amide bonds. The van der Waals surface area contributed by atoms with Crippen LogP contribution < -0.4 is 16.4 Å². The van der Waals surface area contributed by atoms with Crippen molar-refractivity contribution in [3.8, 4) is 11.1 Å². The quantitative estimate of drug-likeness (QED) is 0.0578. The van der Waals surface area contributed by atoms with E-state index in [2.05, 4.69) is 53.4 Å². The lowest BCUT2D eigenvalue weighted by Crippen LogP contribution is -2.37. The Kier molecular flexibility index (Phi) is 13.3. The Morgan fingerprint density at radius 1 is 0.880 bits per heavy atom. The van der Waals surface area contributed by atoms with E-state index in [1.807, 2.05) is 66.7 Å². The van der Waals surface area contributed by atoms with E-state index in [4.69, 9.17) is 15.2 Å². The van der Waals surface area contributed by atoms with Crippen molar-refractivity contribution in [1.82, 2.24) is 10.2 Å². The highest BCUT2D eigenvalue weighted by Gasteiger charge is 2.32. The van der Waals surface area contributed by atoms with E-state index < -0.39 is 6.29 Å². The number of ether oxygens (including phenoxy) is 2. The third kappa shape index (κ3) is 10.6. The first-order chi connectivity index (χ1) is 24.3. The van der Waals surface area contributed by atoms with Gasteiger partial charge in [0.05, 0.1) is 30.2 Å². The van der Waals surface area contributed by atoms with Crippen LogP contribution >= 0.6 is 0 Å². The Morgan fingerprint density at radius 3 is 2.32 bits per heavy atom. The molecule has 3 atom stereocenters. The number of hydrogen-bond donors (Lipinski definition) is 4. The lowest BCUT2D eigenvalue weighted by molar-refractivity contribution is -0.252. The number of carbonyl (C=O) groups is 2. The molecule has 0 radical (unpaired) electrons. The van der Waals surface area contributed by atoms with E-state index in [0.717, 1.165) is 52.9 Å². The van der Waals surface area contributed by atoms with Crippen LogP contribution in [0.1, 0.15) is 66.8 Å². The van der Waals surface area contributed by atoms with Crippen molar-refractivity contribution < 1.29 is 24.2 Å². The molecule has 1 aliphatic rings. The normalized spacial score (nSPS) is 17.3. The maximum absolute atomic E-state index is 12.5. The first kappa shape index (κ1) is 36.5. The highest BCUT2D eigenvalue weighted by molar-refractivity contribution is 5.93. The van der Waals surface area contributed by atoms with Crippen LogP contribution in [0.3, 0.4) is 0 Å². The van der Waals surface area contributed by atoms with Crippen molar-refractivity contribution >= 4 is 23.2 Å². The molecule has 4 aromatic rings. The van der Waals surface area contributed by atoms with Gasteiger partial charge in [-0.25, -0.2) is 0 Å². The average molecular weight is 677 g/mol. The van der Waals surface area contributed by atoms with Gasteiger partial charge in [-0.15, -0.1) is 6.58 Å². The molecule has 1 fully saturated rings. The van der Waals surface area contributed by atoms with Crippen LogP contribution in [0, 0.1) is 0 Å². The predicted molar refractivity (Wildman–Crippen MR) is 198 cm³/mol.